The van der Waals surface area contributed by atoms with Gasteiger partial charge in [0.15, 0.2) is 0 Å². The van der Waals surface area contributed by atoms with Gasteiger partial charge in [-0.25, -0.2) is 4.79 Å². The molecule has 0 aliphatic heterocycles. The van der Waals surface area contributed by atoms with Gasteiger partial charge >= 0.3 is 6.16 Å². The molecule has 0 spiro atoms. The maximum atomic E-state index is 12.6. The predicted octanol–water partition coefficient (Wildman–Crippen LogP) is 6.35. The van der Waals surface area contributed by atoms with Gasteiger partial charge in [0.05, 0.1) is 0 Å². The van der Waals surface area contributed by atoms with Crippen molar-refractivity contribution in [1.82, 2.24) is 0 Å². The summed E-state index contributed by atoms with van der Waals surface area (Å²) >= 11 is 0. The fraction of sp³-hybridized carbons (Fsp3) is 0.435. The van der Waals surface area contributed by atoms with Crippen molar-refractivity contribution in [3.8, 4) is 11.5 Å². The van der Waals surface area contributed by atoms with Crippen LogP contribution < -0.4 is 9.47 Å². The molecule has 0 amide bonds. The summed E-state index contributed by atoms with van der Waals surface area (Å²) in [5, 5.41) is 0. The van der Waals surface area contributed by atoms with Gasteiger partial charge in [0.2, 0.25) is 0 Å². The van der Waals surface area contributed by atoms with E-state index in [9.17, 15) is 4.79 Å². The summed E-state index contributed by atoms with van der Waals surface area (Å²) in [6.07, 6.45) is -0.687. The minimum Gasteiger partial charge on any atom is -0.394 e. The first-order valence-corrected chi connectivity index (χ1v) is 9.02. The third-order valence-corrected chi connectivity index (χ3v) is 6.23. The highest BCUT2D eigenvalue weighted by Crippen LogP contribution is 2.34. The highest BCUT2D eigenvalue weighted by molar-refractivity contribution is 5.71. The fourth-order valence-corrected chi connectivity index (χ4v) is 3.42. The number of benzene rings is 2. The highest BCUT2D eigenvalue weighted by Gasteiger charge is 2.20. The van der Waals surface area contributed by atoms with Gasteiger partial charge in [-0.15, -0.1) is 0 Å². The topological polar surface area (TPSA) is 35.5 Å². The molecule has 2 rings (SSSR count). The Hall–Kier alpha value is -2.29. The molecule has 0 bridgehead atoms. The smallest absolute Gasteiger partial charge is 0.394 e. The normalized spacial score (nSPS) is 10.8. The van der Waals surface area contributed by atoms with Crippen LogP contribution in [0.4, 0.5) is 4.79 Å². The molecule has 0 fully saturated rings. The molecule has 3 heteroatoms. The molecule has 0 atom stereocenters. The first kappa shape index (κ1) is 20.0. The van der Waals surface area contributed by atoms with Gasteiger partial charge in [-0.05, 0) is 125 Å². The molecule has 140 valence electrons. The summed E-state index contributed by atoms with van der Waals surface area (Å²) in [5.74, 6) is 1.21. The molecule has 26 heavy (non-hydrogen) atoms. The second kappa shape index (κ2) is 7.14. The molecule has 0 aliphatic carbocycles. The third-order valence-electron chi connectivity index (χ3n) is 6.23. The number of carbonyl (C=O) groups is 1. The van der Waals surface area contributed by atoms with Crippen LogP contribution in [0, 0.1) is 69.2 Å². The van der Waals surface area contributed by atoms with Crippen molar-refractivity contribution in [3.05, 3.63) is 55.6 Å². The van der Waals surface area contributed by atoms with E-state index in [1.165, 1.54) is 11.1 Å². The fourth-order valence-electron chi connectivity index (χ4n) is 3.42. The van der Waals surface area contributed by atoms with Crippen LogP contribution in [-0.2, 0) is 0 Å². The molecule has 0 saturated heterocycles. The van der Waals surface area contributed by atoms with Crippen LogP contribution in [0.1, 0.15) is 55.6 Å². The molecular weight excluding hydrogens is 324 g/mol. The lowest BCUT2D eigenvalue weighted by atomic mass is 9.94. The van der Waals surface area contributed by atoms with Crippen LogP contribution in [0.25, 0.3) is 0 Å². The largest absolute Gasteiger partial charge is 0.519 e. The summed E-state index contributed by atoms with van der Waals surface area (Å²) < 4.78 is 11.3. The van der Waals surface area contributed by atoms with Crippen molar-refractivity contribution in [1.29, 1.82) is 0 Å². The number of carbonyl (C=O) groups excluding carboxylic acids is 1. The molecule has 0 N–H and O–H groups in total. The number of rotatable bonds is 2. The molecule has 0 aliphatic rings. The Balaban J connectivity index is 2.41. The number of hydrogen-bond donors (Lipinski definition) is 0. The van der Waals surface area contributed by atoms with Crippen molar-refractivity contribution >= 4 is 6.16 Å². The predicted molar refractivity (Wildman–Crippen MR) is 107 cm³/mol. The van der Waals surface area contributed by atoms with Gasteiger partial charge in [0, 0.05) is 0 Å². The van der Waals surface area contributed by atoms with E-state index in [0.717, 1.165) is 44.5 Å². The van der Waals surface area contributed by atoms with Gasteiger partial charge in [0.1, 0.15) is 11.5 Å². The number of ether oxygens (including phenoxy) is 2. The maximum Gasteiger partial charge on any atom is 0.519 e. The zero-order chi connectivity index (χ0) is 19.9. The van der Waals surface area contributed by atoms with Crippen molar-refractivity contribution in [2.75, 3.05) is 0 Å². The Labute approximate surface area is 157 Å². The zero-order valence-corrected chi connectivity index (χ0v) is 17.7. The van der Waals surface area contributed by atoms with Crippen LogP contribution in [0.2, 0.25) is 0 Å². The van der Waals surface area contributed by atoms with Crippen molar-refractivity contribution in [3.63, 3.8) is 0 Å². The van der Waals surface area contributed by atoms with E-state index in [-0.39, 0.29) is 0 Å². The van der Waals surface area contributed by atoms with E-state index < -0.39 is 6.16 Å². The Morgan fingerprint density at radius 2 is 0.615 bits per heavy atom. The Bertz CT molecular complexity index is 773. The lowest BCUT2D eigenvalue weighted by Crippen LogP contribution is -2.18. The molecule has 3 nitrogen and oxygen atoms in total. The molecule has 0 heterocycles. The Kier molecular flexibility index (Phi) is 5.50. The maximum absolute atomic E-state index is 12.6. The van der Waals surface area contributed by atoms with Gasteiger partial charge in [-0.2, -0.15) is 0 Å². The molecular formula is C23H30O3. The van der Waals surface area contributed by atoms with E-state index in [2.05, 4.69) is 41.5 Å². The van der Waals surface area contributed by atoms with Gasteiger partial charge in [0.25, 0.3) is 0 Å². The van der Waals surface area contributed by atoms with Crippen LogP contribution in [0.5, 0.6) is 11.5 Å². The molecule has 0 saturated carbocycles. The van der Waals surface area contributed by atoms with Gasteiger partial charge in [-0.1, -0.05) is 0 Å². The minimum absolute atomic E-state index is 0.603. The summed E-state index contributed by atoms with van der Waals surface area (Å²) in [5.41, 5.74) is 11.0. The average Bonchev–Trinajstić information content (AvgIpc) is 2.62. The van der Waals surface area contributed by atoms with Crippen molar-refractivity contribution in [2.45, 2.75) is 69.2 Å². The Morgan fingerprint density at radius 3 is 0.846 bits per heavy atom. The second-order valence-corrected chi connectivity index (χ2v) is 7.36. The van der Waals surface area contributed by atoms with Gasteiger partial charge < -0.3 is 9.47 Å². The van der Waals surface area contributed by atoms with Gasteiger partial charge in [-0.3, -0.25) is 0 Å². The standard InChI is InChI=1S/C23H30O3/c1-11-13(3)17(7)21(18(8)14(11)4)25-23(24)26-22-19(9)15(5)12(2)16(6)20(22)10/h1-10H3. The first-order valence-electron chi connectivity index (χ1n) is 9.02. The summed E-state index contributed by atoms with van der Waals surface area (Å²) in [7, 11) is 0. The van der Waals surface area contributed by atoms with Crippen LogP contribution in [0.15, 0.2) is 0 Å². The minimum atomic E-state index is -0.687. The molecule has 0 radical (unpaired) electrons. The second-order valence-electron chi connectivity index (χ2n) is 7.36. The van der Waals surface area contributed by atoms with E-state index >= 15 is 0 Å². The van der Waals surface area contributed by atoms with Crippen LogP contribution >= 0.6 is 0 Å². The van der Waals surface area contributed by atoms with Crippen LogP contribution in [0.3, 0.4) is 0 Å². The molecule has 2 aromatic carbocycles. The Morgan fingerprint density at radius 1 is 0.423 bits per heavy atom. The number of hydrogen-bond acceptors (Lipinski definition) is 3. The van der Waals surface area contributed by atoms with E-state index in [0.29, 0.717) is 11.5 Å². The zero-order valence-electron chi connectivity index (χ0n) is 17.7. The quantitative estimate of drug-likeness (QED) is 0.466. The molecule has 0 unspecified atom stereocenters. The molecule has 2 aromatic rings. The monoisotopic (exact) mass is 354 g/mol. The van der Waals surface area contributed by atoms with E-state index in [1.807, 2.05) is 27.7 Å². The summed E-state index contributed by atoms with van der Waals surface area (Å²) in [4.78, 5) is 12.6. The third kappa shape index (κ3) is 3.23. The van der Waals surface area contributed by atoms with E-state index in [4.69, 9.17) is 9.47 Å². The summed E-state index contributed by atoms with van der Waals surface area (Å²) in [6, 6.07) is 0. The average molecular weight is 354 g/mol. The molecule has 0 aromatic heterocycles. The van der Waals surface area contributed by atoms with Crippen LogP contribution in [-0.4, -0.2) is 6.16 Å². The lowest BCUT2D eigenvalue weighted by Gasteiger charge is -2.20. The van der Waals surface area contributed by atoms with Crippen molar-refractivity contribution < 1.29 is 14.3 Å². The highest BCUT2D eigenvalue weighted by atomic mass is 16.7. The van der Waals surface area contributed by atoms with E-state index in [1.54, 1.807) is 0 Å². The SMILES string of the molecule is Cc1c(C)c(C)c(OC(=O)Oc2c(C)c(C)c(C)c(C)c2C)c(C)c1C. The lowest BCUT2D eigenvalue weighted by molar-refractivity contribution is 0.150. The van der Waals surface area contributed by atoms with Crippen molar-refractivity contribution in [2.24, 2.45) is 0 Å². The summed E-state index contributed by atoms with van der Waals surface area (Å²) in [6.45, 7) is 20.3. The first-order chi connectivity index (χ1) is 12.0.